The summed E-state index contributed by atoms with van der Waals surface area (Å²) in [5.41, 5.74) is 8.09. The van der Waals surface area contributed by atoms with Crippen molar-refractivity contribution in [1.82, 2.24) is 0 Å². The molecule has 2 atom stereocenters. The number of benzene rings is 3. The molecule has 0 aliphatic rings. The summed E-state index contributed by atoms with van der Waals surface area (Å²) in [4.78, 5) is 10.5. The van der Waals surface area contributed by atoms with Gasteiger partial charge in [-0.15, -0.1) is 12.4 Å². The van der Waals surface area contributed by atoms with Crippen LogP contribution in [0.2, 0.25) is 0 Å². The van der Waals surface area contributed by atoms with Crippen molar-refractivity contribution in [2.24, 2.45) is 5.73 Å². The Hall–Kier alpha value is -3.03. The van der Waals surface area contributed by atoms with E-state index in [1.54, 1.807) is 42.5 Å². The lowest BCUT2D eigenvalue weighted by Crippen LogP contribution is -2.14. The number of rotatable bonds is 10. The quantitative estimate of drug-likeness (QED) is 0.180. The molecule has 33 heavy (non-hydrogen) atoms. The standard InChI is InChI=1S/C23H26N3O5P.ClH/c1-29-21-14-18(10-13-20(21)31-15-16-6-4-3-5-7-16)23(32(27,28)30-2)26-19-11-8-17(9-12-19)22(24)25;/h3-14,23,26H,15H2,1-2H3,(H3,24,25)(H,27,28);1H. The first-order valence-electron chi connectivity index (χ1n) is 9.78. The Bertz CT molecular complexity index is 1110. The molecule has 3 aromatic rings. The molecule has 0 saturated heterocycles. The van der Waals surface area contributed by atoms with E-state index in [2.05, 4.69) is 5.32 Å². The number of nitrogens with two attached hydrogens (primary N) is 1. The summed E-state index contributed by atoms with van der Waals surface area (Å²) in [6.45, 7) is 0.358. The van der Waals surface area contributed by atoms with Crippen LogP contribution in [0.15, 0.2) is 72.8 Å². The molecule has 3 rings (SSSR count). The van der Waals surface area contributed by atoms with Gasteiger partial charge in [-0.3, -0.25) is 9.97 Å². The maximum absolute atomic E-state index is 12.8. The summed E-state index contributed by atoms with van der Waals surface area (Å²) in [7, 11) is -1.40. The zero-order valence-corrected chi connectivity index (χ0v) is 19.9. The van der Waals surface area contributed by atoms with E-state index in [0.29, 0.717) is 34.9 Å². The summed E-state index contributed by atoms with van der Waals surface area (Å²) in [6, 6.07) is 21.4. The van der Waals surface area contributed by atoms with Crippen LogP contribution in [0.5, 0.6) is 11.5 Å². The second kappa shape index (κ2) is 11.7. The van der Waals surface area contributed by atoms with Crippen LogP contribution in [0.4, 0.5) is 5.69 Å². The first kappa shape index (κ1) is 26.2. The monoisotopic (exact) mass is 491 g/mol. The molecule has 0 aromatic heterocycles. The van der Waals surface area contributed by atoms with Gasteiger partial charge in [0.1, 0.15) is 12.4 Å². The van der Waals surface area contributed by atoms with Crippen LogP contribution in [0.25, 0.3) is 0 Å². The van der Waals surface area contributed by atoms with Gasteiger partial charge in [-0.05, 0) is 47.5 Å². The average Bonchev–Trinajstić information content (AvgIpc) is 2.82. The highest BCUT2D eigenvalue weighted by Gasteiger charge is 2.33. The van der Waals surface area contributed by atoms with Gasteiger partial charge in [-0.1, -0.05) is 36.4 Å². The molecule has 0 aliphatic carbocycles. The van der Waals surface area contributed by atoms with Crippen molar-refractivity contribution in [2.45, 2.75) is 12.4 Å². The van der Waals surface area contributed by atoms with Crippen molar-refractivity contribution in [3.63, 3.8) is 0 Å². The van der Waals surface area contributed by atoms with E-state index in [0.717, 1.165) is 5.56 Å². The minimum atomic E-state index is -4.08. The van der Waals surface area contributed by atoms with Gasteiger partial charge in [-0.2, -0.15) is 0 Å². The second-order valence-electron chi connectivity index (χ2n) is 6.97. The summed E-state index contributed by atoms with van der Waals surface area (Å²) >= 11 is 0. The Morgan fingerprint density at radius 2 is 1.73 bits per heavy atom. The van der Waals surface area contributed by atoms with Gasteiger partial charge in [-0.25, -0.2) is 0 Å². The summed E-state index contributed by atoms with van der Waals surface area (Å²) in [6.07, 6.45) is 0. The highest BCUT2D eigenvalue weighted by molar-refractivity contribution is 7.53. The number of hydrogen-bond donors (Lipinski definition) is 4. The van der Waals surface area contributed by atoms with E-state index >= 15 is 0 Å². The second-order valence-corrected chi connectivity index (χ2v) is 8.98. The van der Waals surface area contributed by atoms with Crippen LogP contribution in [-0.4, -0.2) is 24.9 Å². The lowest BCUT2D eigenvalue weighted by Gasteiger charge is -2.25. The normalized spacial score (nSPS) is 13.2. The third-order valence-corrected chi connectivity index (χ3v) is 6.43. The Balaban J connectivity index is 0.00000385. The maximum Gasteiger partial charge on any atom is 0.354 e. The van der Waals surface area contributed by atoms with Crippen molar-refractivity contribution in [3.8, 4) is 11.5 Å². The minimum Gasteiger partial charge on any atom is -0.493 e. The van der Waals surface area contributed by atoms with Gasteiger partial charge < -0.3 is 29.9 Å². The first-order chi connectivity index (χ1) is 15.3. The van der Waals surface area contributed by atoms with Gasteiger partial charge in [0.2, 0.25) is 0 Å². The number of amidine groups is 1. The highest BCUT2D eigenvalue weighted by atomic mass is 35.5. The first-order valence-corrected chi connectivity index (χ1v) is 11.4. The number of nitrogens with one attached hydrogen (secondary N) is 2. The summed E-state index contributed by atoms with van der Waals surface area (Å²) in [5, 5.41) is 10.5. The summed E-state index contributed by atoms with van der Waals surface area (Å²) in [5.74, 6) is -0.190. The predicted molar refractivity (Wildman–Crippen MR) is 132 cm³/mol. The van der Waals surface area contributed by atoms with Gasteiger partial charge in [0, 0.05) is 18.4 Å². The molecule has 0 saturated carbocycles. The third kappa shape index (κ3) is 6.73. The molecule has 0 amide bonds. The van der Waals surface area contributed by atoms with Crippen LogP contribution in [0.1, 0.15) is 22.5 Å². The Labute approximate surface area is 199 Å². The Morgan fingerprint density at radius 1 is 1.06 bits per heavy atom. The summed E-state index contributed by atoms with van der Waals surface area (Å²) < 4.78 is 29.1. The van der Waals surface area contributed by atoms with Gasteiger partial charge in [0.05, 0.1) is 7.11 Å². The fourth-order valence-electron chi connectivity index (χ4n) is 3.07. The molecule has 2 unspecified atom stereocenters. The van der Waals surface area contributed by atoms with E-state index in [1.165, 1.54) is 14.2 Å². The van der Waals surface area contributed by atoms with Crippen molar-refractivity contribution in [1.29, 1.82) is 5.41 Å². The van der Waals surface area contributed by atoms with Crippen LogP contribution in [0.3, 0.4) is 0 Å². The number of methoxy groups -OCH3 is 1. The van der Waals surface area contributed by atoms with Gasteiger partial charge in [0.25, 0.3) is 0 Å². The number of anilines is 1. The Morgan fingerprint density at radius 3 is 2.30 bits per heavy atom. The molecular formula is C23H27ClN3O5P. The molecule has 5 N–H and O–H groups in total. The van der Waals surface area contributed by atoms with Crippen molar-refractivity contribution in [2.75, 3.05) is 19.5 Å². The van der Waals surface area contributed by atoms with E-state index in [4.69, 9.17) is 25.1 Å². The SMILES string of the molecule is COc1cc(C(Nc2ccc(C(=N)N)cc2)P(=O)(O)OC)ccc1OCc1ccccc1.Cl. The van der Waals surface area contributed by atoms with Crippen LogP contribution in [0, 0.1) is 5.41 Å². The highest BCUT2D eigenvalue weighted by Crippen LogP contribution is 2.56. The molecule has 0 fully saturated rings. The number of ether oxygens (including phenoxy) is 2. The molecule has 8 nitrogen and oxygen atoms in total. The van der Waals surface area contributed by atoms with E-state index in [-0.39, 0.29) is 18.2 Å². The molecular weight excluding hydrogens is 465 g/mol. The molecule has 10 heteroatoms. The zero-order chi connectivity index (χ0) is 23.1. The molecule has 0 spiro atoms. The average molecular weight is 492 g/mol. The molecule has 0 aliphatic heterocycles. The minimum absolute atomic E-state index is 0. The lowest BCUT2D eigenvalue weighted by molar-refractivity contribution is 0.284. The fraction of sp³-hybridized carbons (Fsp3) is 0.174. The van der Waals surface area contributed by atoms with Gasteiger partial charge in [0.15, 0.2) is 17.3 Å². The molecule has 0 radical (unpaired) electrons. The maximum atomic E-state index is 12.8. The third-order valence-electron chi connectivity index (χ3n) is 4.83. The molecule has 176 valence electrons. The number of nitrogen functional groups attached to an aromatic ring is 1. The fourth-order valence-corrected chi connectivity index (χ4v) is 4.13. The zero-order valence-electron chi connectivity index (χ0n) is 18.2. The van der Waals surface area contributed by atoms with Crippen molar-refractivity contribution < 1.29 is 23.5 Å². The van der Waals surface area contributed by atoms with Crippen LogP contribution in [-0.2, 0) is 15.7 Å². The molecule has 0 heterocycles. The smallest absolute Gasteiger partial charge is 0.354 e. The Kier molecular flexibility index (Phi) is 9.32. The molecule has 3 aromatic carbocycles. The van der Waals surface area contributed by atoms with Crippen LogP contribution < -0.4 is 20.5 Å². The van der Waals surface area contributed by atoms with E-state index in [1.807, 2.05) is 30.3 Å². The van der Waals surface area contributed by atoms with Gasteiger partial charge >= 0.3 is 7.60 Å². The largest absolute Gasteiger partial charge is 0.493 e. The van der Waals surface area contributed by atoms with Crippen LogP contribution >= 0.6 is 20.0 Å². The molecule has 0 bridgehead atoms. The van der Waals surface area contributed by atoms with Crippen molar-refractivity contribution in [3.05, 3.63) is 89.5 Å². The number of halogens is 1. The van der Waals surface area contributed by atoms with E-state index in [9.17, 15) is 9.46 Å². The topological polar surface area (TPSA) is 127 Å². The van der Waals surface area contributed by atoms with E-state index < -0.39 is 13.4 Å². The predicted octanol–water partition coefficient (Wildman–Crippen LogP) is 4.92. The van der Waals surface area contributed by atoms with Crippen molar-refractivity contribution >= 4 is 31.5 Å². The lowest BCUT2D eigenvalue weighted by atomic mass is 10.1. The number of hydrogen-bond acceptors (Lipinski definition) is 6.